The highest BCUT2D eigenvalue weighted by molar-refractivity contribution is 7.09. The summed E-state index contributed by atoms with van der Waals surface area (Å²) in [6.45, 7) is 4.18. The number of thiazole rings is 1. The fourth-order valence-electron chi connectivity index (χ4n) is 4.88. The van der Waals surface area contributed by atoms with Crippen molar-refractivity contribution < 1.29 is 9.59 Å². The molecule has 0 spiro atoms. The van der Waals surface area contributed by atoms with Gasteiger partial charge in [0, 0.05) is 11.4 Å². The number of aromatic nitrogens is 1. The lowest BCUT2D eigenvalue weighted by Gasteiger charge is -2.40. The Balaban J connectivity index is 1.34. The van der Waals surface area contributed by atoms with E-state index >= 15 is 0 Å². The molecule has 2 aliphatic rings. The third-order valence-corrected chi connectivity index (χ3v) is 7.63. The van der Waals surface area contributed by atoms with Crippen LogP contribution >= 0.6 is 11.3 Å². The summed E-state index contributed by atoms with van der Waals surface area (Å²) in [5.74, 6) is 0.215. The molecule has 4 rings (SSSR count). The SMILES string of the molecule is CC(=O)C1(c2ccccc2)CCN(Cc2nc(C(=O)NC3CCCCC3)cs2)CC1. The number of hydrogen-bond donors (Lipinski definition) is 1. The average molecular weight is 426 g/mol. The van der Waals surface area contributed by atoms with Crippen LogP contribution in [0.3, 0.4) is 0 Å². The summed E-state index contributed by atoms with van der Waals surface area (Å²) in [5, 5.41) is 6.00. The molecule has 1 saturated heterocycles. The number of ketones is 1. The molecular weight excluding hydrogens is 394 g/mol. The topological polar surface area (TPSA) is 62.3 Å². The van der Waals surface area contributed by atoms with Crippen LogP contribution in [0.1, 0.15) is 72.9 Å². The summed E-state index contributed by atoms with van der Waals surface area (Å²) in [6.07, 6.45) is 7.49. The number of amides is 1. The molecule has 1 saturated carbocycles. The number of carbonyl (C=O) groups is 2. The highest BCUT2D eigenvalue weighted by atomic mass is 32.1. The Morgan fingerprint density at radius 2 is 1.83 bits per heavy atom. The van der Waals surface area contributed by atoms with E-state index in [1.807, 2.05) is 23.6 Å². The molecule has 0 atom stereocenters. The maximum absolute atomic E-state index is 12.6. The molecule has 5 nitrogen and oxygen atoms in total. The normalized spacial score (nSPS) is 20.0. The second kappa shape index (κ2) is 9.40. The zero-order valence-electron chi connectivity index (χ0n) is 17.7. The molecule has 6 heteroatoms. The Bertz CT molecular complexity index is 866. The van der Waals surface area contributed by atoms with Crippen LogP contribution < -0.4 is 5.32 Å². The second-order valence-corrected chi connectivity index (χ2v) is 9.66. The fraction of sp³-hybridized carbons (Fsp3) is 0.542. The third-order valence-electron chi connectivity index (χ3n) is 6.79. The summed E-state index contributed by atoms with van der Waals surface area (Å²) in [7, 11) is 0. The number of nitrogens with one attached hydrogen (secondary N) is 1. The molecule has 1 aromatic heterocycles. The first-order chi connectivity index (χ1) is 14.6. The molecule has 0 radical (unpaired) electrons. The van der Waals surface area contributed by atoms with Gasteiger partial charge < -0.3 is 5.32 Å². The first-order valence-electron chi connectivity index (χ1n) is 11.1. The summed E-state index contributed by atoms with van der Waals surface area (Å²) in [6, 6.07) is 10.5. The van der Waals surface area contributed by atoms with E-state index in [-0.39, 0.29) is 17.1 Å². The van der Waals surface area contributed by atoms with Crippen molar-refractivity contribution in [2.75, 3.05) is 13.1 Å². The summed E-state index contributed by atoms with van der Waals surface area (Å²) in [5.41, 5.74) is 1.30. The van der Waals surface area contributed by atoms with Gasteiger partial charge in [-0.15, -0.1) is 11.3 Å². The minimum absolute atomic E-state index is 0.0391. The van der Waals surface area contributed by atoms with E-state index in [1.54, 1.807) is 18.3 Å². The van der Waals surface area contributed by atoms with Crippen molar-refractivity contribution in [1.82, 2.24) is 15.2 Å². The quantitative estimate of drug-likeness (QED) is 0.748. The summed E-state index contributed by atoms with van der Waals surface area (Å²) < 4.78 is 0. The van der Waals surface area contributed by atoms with Gasteiger partial charge in [0.05, 0.1) is 12.0 Å². The van der Waals surface area contributed by atoms with Crippen LogP contribution in [-0.4, -0.2) is 40.7 Å². The van der Waals surface area contributed by atoms with Crippen LogP contribution in [0.25, 0.3) is 0 Å². The Labute approximate surface area is 182 Å². The second-order valence-electron chi connectivity index (χ2n) is 8.72. The van der Waals surface area contributed by atoms with Gasteiger partial charge in [0.1, 0.15) is 16.5 Å². The lowest BCUT2D eigenvalue weighted by molar-refractivity contribution is -0.124. The van der Waals surface area contributed by atoms with E-state index in [0.29, 0.717) is 11.7 Å². The zero-order chi connectivity index (χ0) is 21.0. The van der Waals surface area contributed by atoms with Crippen molar-refractivity contribution in [2.24, 2.45) is 0 Å². The van der Waals surface area contributed by atoms with Crippen LogP contribution in [0, 0.1) is 0 Å². The van der Waals surface area contributed by atoms with E-state index in [2.05, 4.69) is 27.3 Å². The van der Waals surface area contributed by atoms with Gasteiger partial charge >= 0.3 is 0 Å². The number of hydrogen-bond acceptors (Lipinski definition) is 5. The molecule has 160 valence electrons. The molecule has 1 aromatic carbocycles. The zero-order valence-corrected chi connectivity index (χ0v) is 18.5. The van der Waals surface area contributed by atoms with Gasteiger partial charge in [-0.25, -0.2) is 4.98 Å². The average Bonchev–Trinajstić information content (AvgIpc) is 3.24. The Kier molecular flexibility index (Phi) is 6.64. The molecule has 30 heavy (non-hydrogen) atoms. The highest BCUT2D eigenvalue weighted by Gasteiger charge is 2.40. The first kappa shape index (κ1) is 21.2. The number of rotatable bonds is 6. The minimum Gasteiger partial charge on any atom is -0.348 e. The number of piperidine rings is 1. The first-order valence-corrected chi connectivity index (χ1v) is 12.0. The predicted molar refractivity (Wildman–Crippen MR) is 120 cm³/mol. The summed E-state index contributed by atoms with van der Waals surface area (Å²) in [4.78, 5) is 32.0. The molecule has 1 aliphatic carbocycles. The number of likely N-dealkylation sites (tertiary alicyclic amines) is 1. The van der Waals surface area contributed by atoms with Crippen molar-refractivity contribution in [3.63, 3.8) is 0 Å². The molecule has 2 fully saturated rings. The third kappa shape index (κ3) is 4.65. The van der Waals surface area contributed by atoms with Crippen LogP contribution in [0.4, 0.5) is 0 Å². The van der Waals surface area contributed by atoms with Crippen molar-refractivity contribution in [3.8, 4) is 0 Å². The van der Waals surface area contributed by atoms with Crippen LogP contribution in [0.15, 0.2) is 35.7 Å². The standard InChI is InChI=1S/C24H31N3O2S/c1-18(28)24(19-8-4-2-5-9-19)12-14-27(15-13-24)16-22-26-21(17-30-22)23(29)25-20-10-6-3-7-11-20/h2,4-5,8-9,17,20H,3,6-7,10-16H2,1H3,(H,25,29). The van der Waals surface area contributed by atoms with Gasteiger partial charge in [-0.2, -0.15) is 0 Å². The van der Waals surface area contributed by atoms with Gasteiger partial charge in [-0.3, -0.25) is 14.5 Å². The predicted octanol–water partition coefficient (Wildman–Crippen LogP) is 4.33. The lowest BCUT2D eigenvalue weighted by atomic mass is 9.70. The molecule has 2 aromatic rings. The maximum atomic E-state index is 12.6. The van der Waals surface area contributed by atoms with Crippen LogP contribution in [-0.2, 0) is 16.8 Å². The molecule has 0 unspecified atom stereocenters. The Morgan fingerprint density at radius 3 is 2.50 bits per heavy atom. The molecular formula is C24H31N3O2S. The monoisotopic (exact) mass is 425 g/mol. The van der Waals surface area contributed by atoms with Crippen molar-refractivity contribution in [1.29, 1.82) is 0 Å². The van der Waals surface area contributed by atoms with Crippen molar-refractivity contribution in [3.05, 3.63) is 52.0 Å². The Hall–Kier alpha value is -2.05. The minimum atomic E-state index is -0.369. The number of Topliss-reactive ketones (excluding diaryl/α,β-unsaturated/α-hetero) is 1. The number of benzene rings is 1. The highest BCUT2D eigenvalue weighted by Crippen LogP contribution is 2.37. The molecule has 2 heterocycles. The van der Waals surface area contributed by atoms with E-state index in [9.17, 15) is 9.59 Å². The van der Waals surface area contributed by atoms with Crippen molar-refractivity contribution in [2.45, 2.75) is 69.9 Å². The van der Waals surface area contributed by atoms with Crippen LogP contribution in [0.5, 0.6) is 0 Å². The molecule has 0 bridgehead atoms. The smallest absolute Gasteiger partial charge is 0.270 e. The maximum Gasteiger partial charge on any atom is 0.270 e. The van der Waals surface area contributed by atoms with Gasteiger partial charge in [0.2, 0.25) is 0 Å². The van der Waals surface area contributed by atoms with E-state index < -0.39 is 0 Å². The van der Waals surface area contributed by atoms with Crippen molar-refractivity contribution >= 4 is 23.0 Å². The summed E-state index contributed by atoms with van der Waals surface area (Å²) >= 11 is 1.56. The number of carbonyl (C=O) groups excluding carboxylic acids is 2. The van der Waals surface area contributed by atoms with Gasteiger partial charge in [0.25, 0.3) is 5.91 Å². The lowest BCUT2D eigenvalue weighted by Crippen LogP contribution is -2.46. The van der Waals surface area contributed by atoms with Gasteiger partial charge in [-0.1, -0.05) is 49.6 Å². The van der Waals surface area contributed by atoms with E-state index in [1.165, 1.54) is 19.3 Å². The van der Waals surface area contributed by atoms with Crippen LogP contribution in [0.2, 0.25) is 0 Å². The van der Waals surface area contributed by atoms with Gasteiger partial charge in [0.15, 0.2) is 0 Å². The molecule has 1 aliphatic heterocycles. The van der Waals surface area contributed by atoms with Gasteiger partial charge in [-0.05, 0) is 51.3 Å². The number of nitrogens with zero attached hydrogens (tertiary/aromatic N) is 2. The Morgan fingerprint density at radius 1 is 1.13 bits per heavy atom. The molecule has 1 N–H and O–H groups in total. The fourth-order valence-corrected chi connectivity index (χ4v) is 5.69. The van der Waals surface area contributed by atoms with E-state index in [4.69, 9.17) is 0 Å². The largest absolute Gasteiger partial charge is 0.348 e. The van der Waals surface area contributed by atoms with E-state index in [0.717, 1.165) is 55.9 Å². The molecule has 1 amide bonds.